The van der Waals surface area contributed by atoms with Crippen LogP contribution in [0.15, 0.2) is 41.3 Å². The maximum absolute atomic E-state index is 13.2. The fraction of sp³-hybridized carbons (Fsp3) is 0.133. The number of imidazole rings is 1. The van der Waals surface area contributed by atoms with Gasteiger partial charge in [0.1, 0.15) is 5.82 Å². The highest BCUT2D eigenvalue weighted by Crippen LogP contribution is 2.42. The van der Waals surface area contributed by atoms with E-state index in [0.717, 1.165) is 23.7 Å². The van der Waals surface area contributed by atoms with E-state index in [1.807, 2.05) is 12.1 Å². The monoisotopic (exact) mass is 288 g/mol. The van der Waals surface area contributed by atoms with Gasteiger partial charge in [0.15, 0.2) is 11.6 Å². The van der Waals surface area contributed by atoms with Gasteiger partial charge in [-0.1, -0.05) is 18.2 Å². The summed E-state index contributed by atoms with van der Waals surface area (Å²) in [4.78, 5) is 8.78. The first-order valence-electron chi connectivity index (χ1n) is 6.29. The molecule has 4 rings (SSSR count). The summed E-state index contributed by atoms with van der Waals surface area (Å²) in [6.07, 6.45) is 0. The molecule has 2 heterocycles. The number of aromatic nitrogens is 2. The Labute approximate surface area is 118 Å². The highest BCUT2D eigenvalue weighted by molar-refractivity contribution is 7.99. The van der Waals surface area contributed by atoms with Crippen LogP contribution in [0.1, 0.15) is 17.3 Å². The molecule has 0 saturated carbocycles. The predicted octanol–water partition coefficient (Wildman–Crippen LogP) is 4.08. The van der Waals surface area contributed by atoms with E-state index in [0.29, 0.717) is 11.0 Å². The third kappa shape index (κ3) is 1.73. The van der Waals surface area contributed by atoms with E-state index in [1.165, 1.54) is 10.5 Å². The molecule has 0 saturated heterocycles. The highest BCUT2D eigenvalue weighted by Gasteiger charge is 2.27. The van der Waals surface area contributed by atoms with E-state index in [4.69, 9.17) is 0 Å². The Bertz CT molecular complexity index is 774. The van der Waals surface area contributed by atoms with Gasteiger partial charge in [-0.15, -0.1) is 11.8 Å². The lowest BCUT2D eigenvalue weighted by molar-refractivity contribution is 0.510. The number of aromatic amines is 1. The second-order valence-electron chi connectivity index (χ2n) is 4.81. The maximum atomic E-state index is 13.2. The molecule has 20 heavy (non-hydrogen) atoms. The summed E-state index contributed by atoms with van der Waals surface area (Å²) < 4.78 is 26.5. The van der Waals surface area contributed by atoms with Crippen LogP contribution in [0, 0.1) is 11.6 Å². The minimum atomic E-state index is -0.864. The number of nitrogens with zero attached hydrogens (tertiary/aromatic N) is 1. The average Bonchev–Trinajstić information content (AvgIpc) is 3.02. The Hall–Kier alpha value is -1.88. The zero-order chi connectivity index (χ0) is 13.7. The molecule has 1 unspecified atom stereocenters. The molecule has 1 aromatic heterocycles. The molecule has 1 aliphatic rings. The first-order valence-corrected chi connectivity index (χ1v) is 7.27. The summed E-state index contributed by atoms with van der Waals surface area (Å²) in [5.74, 6) is 0.0900. The highest BCUT2D eigenvalue weighted by atomic mass is 32.2. The molecule has 2 aromatic carbocycles. The third-order valence-corrected chi connectivity index (χ3v) is 4.76. The molecule has 0 fully saturated rings. The van der Waals surface area contributed by atoms with Gasteiger partial charge in [-0.3, -0.25) is 0 Å². The fourth-order valence-electron chi connectivity index (χ4n) is 2.58. The van der Waals surface area contributed by atoms with Crippen LogP contribution in [0.5, 0.6) is 0 Å². The lowest BCUT2D eigenvalue weighted by atomic mass is 10.0. The summed E-state index contributed by atoms with van der Waals surface area (Å²) in [5, 5.41) is 0. The number of halogens is 2. The Morgan fingerprint density at radius 2 is 1.95 bits per heavy atom. The van der Waals surface area contributed by atoms with Gasteiger partial charge in [0.05, 0.1) is 17.0 Å². The van der Waals surface area contributed by atoms with Crippen LogP contribution in [0.25, 0.3) is 11.0 Å². The molecule has 0 aliphatic carbocycles. The summed E-state index contributed by atoms with van der Waals surface area (Å²) in [6, 6.07) is 10.5. The van der Waals surface area contributed by atoms with Gasteiger partial charge in [-0.05, 0) is 11.6 Å². The van der Waals surface area contributed by atoms with Gasteiger partial charge >= 0.3 is 0 Å². The summed E-state index contributed by atoms with van der Waals surface area (Å²) in [5.41, 5.74) is 2.22. The summed E-state index contributed by atoms with van der Waals surface area (Å²) in [6.45, 7) is 0. The van der Waals surface area contributed by atoms with Crippen molar-refractivity contribution in [2.75, 3.05) is 5.75 Å². The lowest BCUT2D eigenvalue weighted by Gasteiger charge is -2.06. The van der Waals surface area contributed by atoms with E-state index in [1.54, 1.807) is 11.8 Å². The quantitative estimate of drug-likeness (QED) is 0.731. The molecule has 3 aromatic rings. The van der Waals surface area contributed by atoms with Crippen molar-refractivity contribution in [3.8, 4) is 0 Å². The normalized spacial score (nSPS) is 17.6. The SMILES string of the molecule is Fc1cc2nc(C3CSc4ccccc43)[nH]c2cc1F. The maximum Gasteiger partial charge on any atom is 0.161 e. The molecule has 0 spiro atoms. The topological polar surface area (TPSA) is 28.7 Å². The molecular weight excluding hydrogens is 278 g/mol. The van der Waals surface area contributed by atoms with Crippen molar-refractivity contribution in [3.63, 3.8) is 0 Å². The number of nitrogens with one attached hydrogen (secondary N) is 1. The van der Waals surface area contributed by atoms with Crippen molar-refractivity contribution >= 4 is 22.8 Å². The fourth-order valence-corrected chi connectivity index (χ4v) is 3.81. The van der Waals surface area contributed by atoms with Gasteiger partial charge in [0, 0.05) is 22.8 Å². The first kappa shape index (κ1) is 11.9. The van der Waals surface area contributed by atoms with Crippen LogP contribution in [-0.2, 0) is 0 Å². The smallest absolute Gasteiger partial charge is 0.161 e. The van der Waals surface area contributed by atoms with Crippen LogP contribution >= 0.6 is 11.8 Å². The van der Waals surface area contributed by atoms with Crippen LogP contribution in [0.2, 0.25) is 0 Å². The zero-order valence-electron chi connectivity index (χ0n) is 10.4. The van der Waals surface area contributed by atoms with E-state index >= 15 is 0 Å². The average molecular weight is 288 g/mol. The molecular formula is C15H10F2N2S. The number of hydrogen-bond acceptors (Lipinski definition) is 2. The van der Waals surface area contributed by atoms with Crippen molar-refractivity contribution in [1.82, 2.24) is 9.97 Å². The van der Waals surface area contributed by atoms with E-state index in [9.17, 15) is 8.78 Å². The predicted molar refractivity (Wildman–Crippen MR) is 75.0 cm³/mol. The van der Waals surface area contributed by atoms with Crippen LogP contribution in [0.3, 0.4) is 0 Å². The molecule has 2 nitrogen and oxygen atoms in total. The van der Waals surface area contributed by atoms with Gasteiger partial charge in [-0.2, -0.15) is 0 Å². The molecule has 0 amide bonds. The van der Waals surface area contributed by atoms with E-state index in [-0.39, 0.29) is 5.92 Å². The molecule has 1 N–H and O–H groups in total. The number of rotatable bonds is 1. The van der Waals surface area contributed by atoms with Crippen molar-refractivity contribution in [2.45, 2.75) is 10.8 Å². The Balaban J connectivity index is 1.84. The van der Waals surface area contributed by atoms with Crippen molar-refractivity contribution in [2.24, 2.45) is 0 Å². The van der Waals surface area contributed by atoms with Crippen LogP contribution < -0.4 is 0 Å². The van der Waals surface area contributed by atoms with Crippen LogP contribution in [0.4, 0.5) is 8.78 Å². The minimum Gasteiger partial charge on any atom is -0.341 e. The van der Waals surface area contributed by atoms with Crippen molar-refractivity contribution in [1.29, 1.82) is 0 Å². The molecule has 5 heteroatoms. The number of thioether (sulfide) groups is 1. The van der Waals surface area contributed by atoms with E-state index in [2.05, 4.69) is 22.1 Å². The van der Waals surface area contributed by atoms with E-state index < -0.39 is 11.6 Å². The minimum absolute atomic E-state index is 0.148. The number of benzene rings is 2. The molecule has 0 bridgehead atoms. The molecule has 1 atom stereocenters. The van der Waals surface area contributed by atoms with Crippen LogP contribution in [-0.4, -0.2) is 15.7 Å². The number of H-pyrrole nitrogens is 1. The Morgan fingerprint density at radius 1 is 1.15 bits per heavy atom. The zero-order valence-corrected chi connectivity index (χ0v) is 11.2. The van der Waals surface area contributed by atoms with Crippen molar-refractivity contribution < 1.29 is 8.78 Å². The molecule has 100 valence electrons. The second kappa shape index (κ2) is 4.31. The van der Waals surface area contributed by atoms with Crippen molar-refractivity contribution in [3.05, 3.63) is 59.4 Å². The largest absolute Gasteiger partial charge is 0.341 e. The molecule has 1 aliphatic heterocycles. The Kier molecular flexibility index (Phi) is 2.57. The number of fused-ring (bicyclic) bond motifs is 2. The lowest BCUT2D eigenvalue weighted by Crippen LogP contribution is -2.01. The standard InChI is InChI=1S/C15H10F2N2S/c16-10-5-12-13(6-11(10)17)19-15(18-12)9-7-20-14-4-2-1-3-8(9)14/h1-6,9H,7H2,(H,18,19). The van der Waals surface area contributed by atoms with Gasteiger partial charge in [-0.25, -0.2) is 13.8 Å². The number of hydrogen-bond donors (Lipinski definition) is 1. The first-order chi connectivity index (χ1) is 9.72. The van der Waals surface area contributed by atoms with Gasteiger partial charge in [0.2, 0.25) is 0 Å². The second-order valence-corrected chi connectivity index (χ2v) is 5.87. The third-order valence-electron chi connectivity index (χ3n) is 3.57. The molecule has 0 radical (unpaired) electrons. The summed E-state index contributed by atoms with van der Waals surface area (Å²) in [7, 11) is 0. The van der Waals surface area contributed by atoms with Gasteiger partial charge in [0.25, 0.3) is 0 Å². The summed E-state index contributed by atoms with van der Waals surface area (Å²) >= 11 is 1.78. The van der Waals surface area contributed by atoms with Gasteiger partial charge < -0.3 is 4.98 Å². The Morgan fingerprint density at radius 3 is 2.85 bits per heavy atom.